The third-order valence-electron chi connectivity index (χ3n) is 1.02. The molecule has 54 valence electrons. The van der Waals surface area contributed by atoms with Gasteiger partial charge in [0, 0.05) is 6.54 Å². The summed E-state index contributed by atoms with van der Waals surface area (Å²) in [7, 11) is 2.09. The molecule has 0 radical (unpaired) electrons. The number of rotatable bonds is 3. The summed E-state index contributed by atoms with van der Waals surface area (Å²) in [5, 5.41) is 2.70. The van der Waals surface area contributed by atoms with E-state index in [9.17, 15) is 4.79 Å². The molecule has 1 amide bonds. The van der Waals surface area contributed by atoms with Crippen molar-refractivity contribution in [3.05, 3.63) is 0 Å². The zero-order valence-electron chi connectivity index (χ0n) is 5.98. The lowest BCUT2D eigenvalue weighted by Crippen LogP contribution is -2.18. The standard InChI is InChI=1S/C6H14NOP/c1-5(2)3-4-7-6(8)9/h5H,3-4,9H2,1-2H3,(H,7,8). The van der Waals surface area contributed by atoms with Gasteiger partial charge in [-0.2, -0.15) is 0 Å². The Morgan fingerprint density at radius 1 is 1.67 bits per heavy atom. The van der Waals surface area contributed by atoms with E-state index in [1.54, 1.807) is 0 Å². The second-order valence-corrected chi connectivity index (χ2v) is 3.00. The lowest BCUT2D eigenvalue weighted by Gasteiger charge is -2.03. The van der Waals surface area contributed by atoms with E-state index in [0.717, 1.165) is 13.0 Å². The average molecular weight is 147 g/mol. The molecule has 1 N–H and O–H groups in total. The van der Waals surface area contributed by atoms with E-state index in [0.29, 0.717) is 5.92 Å². The number of hydrogen-bond acceptors (Lipinski definition) is 1. The summed E-state index contributed by atoms with van der Waals surface area (Å²) in [6.07, 6.45) is 1.06. The third kappa shape index (κ3) is 7.90. The molecule has 0 aromatic heterocycles. The van der Waals surface area contributed by atoms with E-state index < -0.39 is 0 Å². The molecule has 0 aliphatic rings. The van der Waals surface area contributed by atoms with Gasteiger partial charge in [0.15, 0.2) is 0 Å². The zero-order valence-corrected chi connectivity index (χ0v) is 7.13. The lowest BCUT2D eigenvalue weighted by atomic mass is 10.1. The van der Waals surface area contributed by atoms with Crippen LogP contribution in [0.3, 0.4) is 0 Å². The molecule has 0 aliphatic heterocycles. The van der Waals surface area contributed by atoms with Crippen molar-refractivity contribution in [3.63, 3.8) is 0 Å². The highest BCUT2D eigenvalue weighted by Gasteiger charge is 1.93. The van der Waals surface area contributed by atoms with E-state index in [1.165, 1.54) is 0 Å². The van der Waals surface area contributed by atoms with E-state index in [2.05, 4.69) is 28.4 Å². The van der Waals surface area contributed by atoms with Crippen LogP contribution in [0.5, 0.6) is 0 Å². The third-order valence-corrected chi connectivity index (χ3v) is 1.23. The molecule has 0 saturated carbocycles. The van der Waals surface area contributed by atoms with Crippen molar-refractivity contribution in [2.24, 2.45) is 5.92 Å². The molecule has 0 spiro atoms. The van der Waals surface area contributed by atoms with Crippen LogP contribution in [-0.4, -0.2) is 12.2 Å². The van der Waals surface area contributed by atoms with Crippen molar-refractivity contribution in [1.29, 1.82) is 0 Å². The van der Waals surface area contributed by atoms with Crippen LogP contribution >= 0.6 is 9.24 Å². The van der Waals surface area contributed by atoms with Crippen LogP contribution in [-0.2, 0) is 0 Å². The number of amides is 1. The van der Waals surface area contributed by atoms with Crippen LogP contribution in [0.4, 0.5) is 4.79 Å². The fourth-order valence-electron chi connectivity index (χ4n) is 0.484. The molecule has 3 heteroatoms. The van der Waals surface area contributed by atoms with Gasteiger partial charge in [0.2, 0.25) is 5.65 Å². The van der Waals surface area contributed by atoms with E-state index in [-0.39, 0.29) is 5.65 Å². The minimum absolute atomic E-state index is 0.0179. The van der Waals surface area contributed by atoms with Crippen molar-refractivity contribution in [2.45, 2.75) is 20.3 Å². The second-order valence-electron chi connectivity index (χ2n) is 2.47. The summed E-state index contributed by atoms with van der Waals surface area (Å²) in [6.45, 7) is 5.06. The molecule has 0 aliphatic carbocycles. The molecule has 1 unspecified atom stereocenters. The predicted molar refractivity (Wildman–Crippen MR) is 42.6 cm³/mol. The predicted octanol–water partition coefficient (Wildman–Crippen LogP) is 1.62. The summed E-state index contributed by atoms with van der Waals surface area (Å²) >= 11 is 0. The summed E-state index contributed by atoms with van der Waals surface area (Å²) in [5.41, 5.74) is -0.0179. The highest BCUT2D eigenvalue weighted by molar-refractivity contribution is 7.39. The first-order valence-electron chi connectivity index (χ1n) is 3.16. The van der Waals surface area contributed by atoms with Crippen molar-refractivity contribution < 1.29 is 4.79 Å². The van der Waals surface area contributed by atoms with Crippen molar-refractivity contribution in [3.8, 4) is 0 Å². The molecule has 0 heterocycles. The maximum atomic E-state index is 10.3. The summed E-state index contributed by atoms with van der Waals surface area (Å²) in [6, 6.07) is 0. The van der Waals surface area contributed by atoms with Crippen molar-refractivity contribution in [1.82, 2.24) is 5.32 Å². The van der Waals surface area contributed by atoms with Gasteiger partial charge in [0.05, 0.1) is 0 Å². The van der Waals surface area contributed by atoms with Crippen LogP contribution in [0.15, 0.2) is 0 Å². The molecule has 0 aromatic rings. The summed E-state index contributed by atoms with van der Waals surface area (Å²) in [4.78, 5) is 10.3. The largest absolute Gasteiger partial charge is 0.353 e. The number of nitrogens with one attached hydrogen (secondary N) is 1. The zero-order chi connectivity index (χ0) is 7.28. The molecule has 0 rings (SSSR count). The van der Waals surface area contributed by atoms with Gasteiger partial charge >= 0.3 is 0 Å². The molecule has 0 fully saturated rings. The van der Waals surface area contributed by atoms with E-state index >= 15 is 0 Å². The fraction of sp³-hybridized carbons (Fsp3) is 0.833. The number of carbonyl (C=O) groups excluding carboxylic acids is 1. The van der Waals surface area contributed by atoms with Crippen LogP contribution in [0.25, 0.3) is 0 Å². The molecule has 0 aromatic carbocycles. The van der Waals surface area contributed by atoms with Crippen LogP contribution < -0.4 is 5.32 Å². The van der Waals surface area contributed by atoms with Crippen LogP contribution in [0.2, 0.25) is 0 Å². The van der Waals surface area contributed by atoms with E-state index in [1.807, 2.05) is 0 Å². The smallest absolute Gasteiger partial charge is 0.234 e. The van der Waals surface area contributed by atoms with Crippen molar-refractivity contribution >= 4 is 14.9 Å². The topological polar surface area (TPSA) is 29.1 Å². The Balaban J connectivity index is 3.01. The minimum atomic E-state index is -0.0179. The maximum absolute atomic E-state index is 10.3. The van der Waals surface area contributed by atoms with Gasteiger partial charge in [0.25, 0.3) is 0 Å². The van der Waals surface area contributed by atoms with Gasteiger partial charge in [0.1, 0.15) is 0 Å². The Morgan fingerprint density at radius 3 is 2.56 bits per heavy atom. The first-order valence-corrected chi connectivity index (χ1v) is 3.74. The van der Waals surface area contributed by atoms with Gasteiger partial charge in [-0.3, -0.25) is 4.79 Å². The first kappa shape index (κ1) is 8.90. The molecule has 2 nitrogen and oxygen atoms in total. The van der Waals surface area contributed by atoms with E-state index in [4.69, 9.17) is 0 Å². The average Bonchev–Trinajstić information content (AvgIpc) is 1.63. The Labute approximate surface area is 58.6 Å². The molecular formula is C6H14NOP. The molecule has 0 bridgehead atoms. The minimum Gasteiger partial charge on any atom is -0.353 e. The number of hydrogen-bond donors (Lipinski definition) is 1. The lowest BCUT2D eigenvalue weighted by molar-refractivity contribution is 0.260. The maximum Gasteiger partial charge on any atom is 0.234 e. The van der Waals surface area contributed by atoms with Crippen LogP contribution in [0, 0.1) is 5.92 Å². The van der Waals surface area contributed by atoms with Crippen molar-refractivity contribution in [2.75, 3.05) is 6.54 Å². The molecule has 9 heavy (non-hydrogen) atoms. The normalized spacial score (nSPS) is 9.78. The second kappa shape index (κ2) is 4.75. The molecule has 1 atom stereocenters. The Bertz CT molecular complexity index is 93.1. The van der Waals surface area contributed by atoms with Crippen LogP contribution in [0.1, 0.15) is 20.3 Å². The van der Waals surface area contributed by atoms with Gasteiger partial charge in [-0.15, -0.1) is 0 Å². The summed E-state index contributed by atoms with van der Waals surface area (Å²) in [5.74, 6) is 0.668. The van der Waals surface area contributed by atoms with Gasteiger partial charge < -0.3 is 5.32 Å². The monoisotopic (exact) mass is 147 g/mol. The first-order chi connectivity index (χ1) is 4.13. The highest BCUT2D eigenvalue weighted by Crippen LogP contribution is 1.96. The molecular weight excluding hydrogens is 133 g/mol. The SMILES string of the molecule is CC(C)CCNC(=O)P. The molecule has 0 saturated heterocycles. The van der Waals surface area contributed by atoms with Gasteiger partial charge in [-0.05, 0) is 21.6 Å². The van der Waals surface area contributed by atoms with Gasteiger partial charge in [-0.1, -0.05) is 13.8 Å². The number of carbonyl (C=O) groups is 1. The Morgan fingerprint density at radius 2 is 2.22 bits per heavy atom. The fourth-order valence-corrected chi connectivity index (χ4v) is 0.628. The quantitative estimate of drug-likeness (QED) is 0.604. The Kier molecular flexibility index (Phi) is 4.70. The summed E-state index contributed by atoms with van der Waals surface area (Å²) < 4.78 is 0. The highest BCUT2D eigenvalue weighted by atomic mass is 31.0. The Hall–Kier alpha value is -0.100. The van der Waals surface area contributed by atoms with Gasteiger partial charge in [-0.25, -0.2) is 0 Å².